The van der Waals surface area contributed by atoms with Gasteiger partial charge in [-0.3, -0.25) is 9.89 Å². The van der Waals surface area contributed by atoms with Crippen molar-refractivity contribution < 1.29 is 4.74 Å². The molecule has 4 rings (SSSR count). The molecular formula is C25H30ClN7O. The van der Waals surface area contributed by atoms with Gasteiger partial charge in [0.05, 0.1) is 23.5 Å². The molecule has 1 aromatic carbocycles. The number of rotatable bonds is 6. The number of allylic oxidation sites excluding steroid dienone is 1. The third kappa shape index (κ3) is 5.39. The Morgan fingerprint density at radius 1 is 1.24 bits per heavy atom. The molecule has 0 aliphatic carbocycles. The number of hydrogen-bond acceptors (Lipinski definition) is 8. The minimum absolute atomic E-state index is 0.0759. The predicted octanol–water partition coefficient (Wildman–Crippen LogP) is 3.78. The Morgan fingerprint density at radius 2 is 2.03 bits per heavy atom. The van der Waals surface area contributed by atoms with Crippen LogP contribution in [0, 0.1) is 11.3 Å². The van der Waals surface area contributed by atoms with Crippen molar-refractivity contribution >= 4 is 41.7 Å². The zero-order chi connectivity index (χ0) is 24.1. The van der Waals surface area contributed by atoms with Gasteiger partial charge in [0.25, 0.3) is 0 Å². The number of piperazine rings is 1. The summed E-state index contributed by atoms with van der Waals surface area (Å²) in [5.41, 5.74) is 3.15. The first-order chi connectivity index (χ1) is 16.5. The highest BCUT2D eigenvalue weighted by Crippen LogP contribution is 2.35. The highest BCUT2D eigenvalue weighted by atomic mass is 35.5. The smallest absolute Gasteiger partial charge is 0.226 e. The van der Waals surface area contributed by atoms with Crippen LogP contribution in [0.15, 0.2) is 35.5 Å². The van der Waals surface area contributed by atoms with E-state index in [1.165, 1.54) is 0 Å². The molecule has 2 saturated heterocycles. The molecule has 8 nitrogen and oxygen atoms in total. The molecule has 2 fully saturated rings. The average Bonchev–Trinajstić information content (AvgIpc) is 2.84. The topological polar surface area (TPSA) is 80.9 Å². The van der Waals surface area contributed by atoms with Gasteiger partial charge < -0.3 is 14.5 Å². The third-order valence-corrected chi connectivity index (χ3v) is 6.41. The molecule has 0 unspecified atom stereocenters. The largest absolute Gasteiger partial charge is 0.370 e. The molecule has 0 saturated carbocycles. The molecule has 2 atom stereocenters. The number of anilines is 2. The lowest BCUT2D eigenvalue weighted by Gasteiger charge is -2.42. The van der Waals surface area contributed by atoms with E-state index in [-0.39, 0.29) is 12.2 Å². The van der Waals surface area contributed by atoms with Crippen molar-refractivity contribution in [2.24, 2.45) is 4.99 Å². The van der Waals surface area contributed by atoms with E-state index in [1.807, 2.05) is 31.2 Å². The number of aliphatic imine (C=N–C) groups is 1. The molecule has 0 spiro atoms. The van der Waals surface area contributed by atoms with Crippen molar-refractivity contribution in [3.63, 3.8) is 0 Å². The van der Waals surface area contributed by atoms with E-state index in [9.17, 15) is 5.26 Å². The van der Waals surface area contributed by atoms with Gasteiger partial charge in [-0.05, 0) is 38.8 Å². The van der Waals surface area contributed by atoms with Gasteiger partial charge in [0.15, 0.2) is 0 Å². The van der Waals surface area contributed by atoms with Crippen LogP contribution >= 0.6 is 11.6 Å². The summed E-state index contributed by atoms with van der Waals surface area (Å²) in [6.07, 6.45) is 5.84. The van der Waals surface area contributed by atoms with E-state index in [0.29, 0.717) is 22.4 Å². The fourth-order valence-corrected chi connectivity index (χ4v) is 4.84. The van der Waals surface area contributed by atoms with E-state index in [0.717, 1.165) is 57.1 Å². The molecule has 0 radical (unpaired) electrons. The zero-order valence-corrected chi connectivity index (χ0v) is 20.4. The summed E-state index contributed by atoms with van der Waals surface area (Å²) < 4.78 is 6.32. The van der Waals surface area contributed by atoms with E-state index in [4.69, 9.17) is 16.3 Å². The molecule has 0 bridgehead atoms. The van der Waals surface area contributed by atoms with Crippen LogP contribution in [0.5, 0.6) is 0 Å². The molecule has 0 N–H and O–H groups in total. The Balaban J connectivity index is 1.44. The molecule has 2 aliphatic heterocycles. The molecule has 3 heterocycles. The summed E-state index contributed by atoms with van der Waals surface area (Å²) in [6, 6.07) is 7.77. The summed E-state index contributed by atoms with van der Waals surface area (Å²) in [5.74, 6) is 0.685. The van der Waals surface area contributed by atoms with Crippen molar-refractivity contribution in [2.45, 2.75) is 26.1 Å². The van der Waals surface area contributed by atoms with Crippen LogP contribution in [0.4, 0.5) is 17.3 Å². The van der Waals surface area contributed by atoms with Crippen LogP contribution < -0.4 is 9.80 Å². The Hall–Kier alpha value is -2.99. The minimum Gasteiger partial charge on any atom is -0.370 e. The SMILES string of the molecule is C=Nc1c(C#N)ccc(N2C[C@H](CN3CCN(c4nccc(Cl)n4)CC3)O[C@H](C)C2)c1/C=C\C. The van der Waals surface area contributed by atoms with Gasteiger partial charge >= 0.3 is 0 Å². The first kappa shape index (κ1) is 24.1. The standard InChI is InChI=1S/C25H30ClN7O/c1-4-5-21-22(7-6-19(14-27)24(21)28-3)33-15-18(2)34-20(17-33)16-31-10-12-32(13-11-31)25-29-9-8-23(26)30-25/h4-9,18,20H,3,10-13,15-17H2,1-2H3/b5-4-/t18-,20+/m1/s1. The maximum absolute atomic E-state index is 9.50. The number of hydrogen-bond donors (Lipinski definition) is 0. The number of benzene rings is 1. The number of nitrogens with zero attached hydrogens (tertiary/aromatic N) is 7. The highest BCUT2D eigenvalue weighted by Gasteiger charge is 2.30. The van der Waals surface area contributed by atoms with Gasteiger partial charge in [-0.1, -0.05) is 23.8 Å². The summed E-state index contributed by atoms with van der Waals surface area (Å²) >= 11 is 6.03. The molecule has 2 aromatic rings. The number of nitriles is 1. The second-order valence-corrected chi connectivity index (χ2v) is 8.99. The van der Waals surface area contributed by atoms with E-state index >= 15 is 0 Å². The van der Waals surface area contributed by atoms with Crippen LogP contribution in [0.1, 0.15) is 25.0 Å². The Kier molecular flexibility index (Phi) is 7.78. The summed E-state index contributed by atoms with van der Waals surface area (Å²) in [5, 5.41) is 9.96. The second-order valence-electron chi connectivity index (χ2n) is 8.61. The van der Waals surface area contributed by atoms with Gasteiger partial charge in [-0.15, -0.1) is 0 Å². The molecule has 1 aromatic heterocycles. The van der Waals surface area contributed by atoms with Crippen molar-refractivity contribution in [3.05, 3.63) is 46.8 Å². The summed E-state index contributed by atoms with van der Waals surface area (Å²) in [7, 11) is 0. The van der Waals surface area contributed by atoms with E-state index in [2.05, 4.69) is 49.4 Å². The van der Waals surface area contributed by atoms with Gasteiger partial charge in [-0.2, -0.15) is 5.26 Å². The molecular weight excluding hydrogens is 450 g/mol. The molecule has 178 valence electrons. The van der Waals surface area contributed by atoms with Crippen molar-refractivity contribution in [3.8, 4) is 6.07 Å². The van der Waals surface area contributed by atoms with Gasteiger partial charge in [0, 0.05) is 63.3 Å². The minimum atomic E-state index is 0.0759. The number of morpholine rings is 1. The molecule has 34 heavy (non-hydrogen) atoms. The fraction of sp³-hybridized carbons (Fsp3) is 0.440. The number of ether oxygens (including phenoxy) is 1. The Morgan fingerprint density at radius 3 is 2.71 bits per heavy atom. The maximum atomic E-state index is 9.50. The first-order valence-electron chi connectivity index (χ1n) is 11.5. The lowest BCUT2D eigenvalue weighted by atomic mass is 10.0. The third-order valence-electron chi connectivity index (χ3n) is 6.20. The van der Waals surface area contributed by atoms with Crippen molar-refractivity contribution in [1.82, 2.24) is 14.9 Å². The van der Waals surface area contributed by atoms with Crippen LogP contribution in [0.2, 0.25) is 5.15 Å². The van der Waals surface area contributed by atoms with Gasteiger partial charge in [0.2, 0.25) is 5.95 Å². The zero-order valence-electron chi connectivity index (χ0n) is 19.7. The van der Waals surface area contributed by atoms with Crippen molar-refractivity contribution in [2.75, 3.05) is 55.6 Å². The Labute approximate surface area is 206 Å². The fourth-order valence-electron chi connectivity index (χ4n) is 4.71. The van der Waals surface area contributed by atoms with Crippen LogP contribution in [-0.2, 0) is 4.74 Å². The molecule has 0 amide bonds. The first-order valence-corrected chi connectivity index (χ1v) is 11.9. The second kappa shape index (κ2) is 11.0. The molecule has 9 heteroatoms. The van der Waals surface area contributed by atoms with Gasteiger partial charge in [-0.25, -0.2) is 9.97 Å². The predicted molar refractivity (Wildman–Crippen MR) is 137 cm³/mol. The van der Waals surface area contributed by atoms with Crippen LogP contribution in [-0.4, -0.2) is 79.6 Å². The lowest BCUT2D eigenvalue weighted by Crippen LogP contribution is -2.54. The molecule has 2 aliphatic rings. The normalized spacial score (nSPS) is 21.6. The summed E-state index contributed by atoms with van der Waals surface area (Å²) in [6.45, 7) is 13.7. The van der Waals surface area contributed by atoms with Gasteiger partial charge in [0.1, 0.15) is 11.2 Å². The van der Waals surface area contributed by atoms with Crippen LogP contribution in [0.25, 0.3) is 6.08 Å². The highest BCUT2D eigenvalue weighted by molar-refractivity contribution is 6.29. The maximum Gasteiger partial charge on any atom is 0.226 e. The van der Waals surface area contributed by atoms with E-state index < -0.39 is 0 Å². The lowest BCUT2D eigenvalue weighted by molar-refractivity contribution is -0.0328. The Bertz CT molecular complexity index is 1090. The van der Waals surface area contributed by atoms with Crippen molar-refractivity contribution in [1.29, 1.82) is 5.26 Å². The number of halogens is 1. The number of aromatic nitrogens is 2. The van der Waals surface area contributed by atoms with Crippen LogP contribution in [0.3, 0.4) is 0 Å². The average molecular weight is 480 g/mol. The monoisotopic (exact) mass is 479 g/mol. The quantitative estimate of drug-likeness (QED) is 0.460. The van der Waals surface area contributed by atoms with E-state index in [1.54, 1.807) is 12.3 Å². The summed E-state index contributed by atoms with van der Waals surface area (Å²) in [4.78, 5) is 19.8.